The molecule has 0 aliphatic carbocycles. The van der Waals surface area contributed by atoms with E-state index < -0.39 is 18.5 Å². The average Bonchev–Trinajstić information content (AvgIpc) is 1.85. The number of hydrogen-bond acceptors (Lipinski definition) is 4. The zero-order valence-electron chi connectivity index (χ0n) is 5.49. The fourth-order valence-electron chi connectivity index (χ4n) is 0.302. The minimum absolute atomic E-state index is 0.202. The van der Waals surface area contributed by atoms with Crippen LogP contribution in [0.4, 0.5) is 0 Å². The van der Waals surface area contributed by atoms with E-state index >= 15 is 0 Å². The van der Waals surface area contributed by atoms with Crippen LogP contribution in [0, 0.1) is 0 Å². The molecule has 5 heteroatoms. The van der Waals surface area contributed by atoms with Crippen LogP contribution in [0.5, 0.6) is 0 Å². The summed E-state index contributed by atoms with van der Waals surface area (Å²) in [4.78, 5) is 20.3. The monoisotopic (exact) mass is 164 g/mol. The molecule has 1 N–H and O–H groups in total. The summed E-state index contributed by atoms with van der Waals surface area (Å²) >= 11 is 1.29. The van der Waals surface area contributed by atoms with Crippen LogP contribution < -0.4 is 0 Å². The van der Waals surface area contributed by atoms with E-state index in [1.54, 1.807) is 6.26 Å². The number of aliphatic carboxylic acids is 1. The first kappa shape index (κ1) is 9.29. The molecule has 0 aliphatic rings. The quantitative estimate of drug-likeness (QED) is 0.591. The number of hydrogen-bond donors (Lipinski definition) is 1. The van der Waals surface area contributed by atoms with Gasteiger partial charge in [-0.1, -0.05) is 0 Å². The Morgan fingerprint density at radius 1 is 1.60 bits per heavy atom. The Balaban J connectivity index is 3.30. The SMILES string of the molecule is CSCC(=O)OCC(=O)O. The molecule has 0 aromatic carbocycles. The van der Waals surface area contributed by atoms with Crippen molar-refractivity contribution in [3.8, 4) is 0 Å². The highest BCUT2D eigenvalue weighted by Gasteiger charge is 2.03. The van der Waals surface area contributed by atoms with Crippen molar-refractivity contribution in [3.05, 3.63) is 0 Å². The third kappa shape index (κ3) is 5.43. The van der Waals surface area contributed by atoms with E-state index in [1.165, 1.54) is 11.8 Å². The molecule has 0 unspecified atom stereocenters. The second-order valence-electron chi connectivity index (χ2n) is 1.49. The van der Waals surface area contributed by atoms with Crippen LogP contribution in [-0.4, -0.2) is 35.7 Å². The second-order valence-corrected chi connectivity index (χ2v) is 2.35. The van der Waals surface area contributed by atoms with E-state index in [0.29, 0.717) is 0 Å². The molecule has 0 aromatic rings. The average molecular weight is 164 g/mol. The van der Waals surface area contributed by atoms with E-state index in [9.17, 15) is 9.59 Å². The first-order valence-corrected chi connectivity index (χ1v) is 3.92. The van der Waals surface area contributed by atoms with E-state index in [-0.39, 0.29) is 5.75 Å². The zero-order chi connectivity index (χ0) is 7.98. The van der Waals surface area contributed by atoms with Crippen molar-refractivity contribution in [3.63, 3.8) is 0 Å². The largest absolute Gasteiger partial charge is 0.479 e. The normalized spacial score (nSPS) is 8.90. The standard InChI is InChI=1S/C5H8O4S/c1-10-3-5(8)9-2-4(6)7/h2-3H2,1H3,(H,6,7). The van der Waals surface area contributed by atoms with Gasteiger partial charge in [0.2, 0.25) is 0 Å². The number of rotatable bonds is 4. The van der Waals surface area contributed by atoms with Gasteiger partial charge in [0.05, 0.1) is 5.75 Å². The zero-order valence-corrected chi connectivity index (χ0v) is 6.31. The minimum atomic E-state index is -1.13. The first-order valence-electron chi connectivity index (χ1n) is 2.53. The van der Waals surface area contributed by atoms with E-state index in [0.717, 1.165) is 0 Å². The summed E-state index contributed by atoms with van der Waals surface area (Å²) in [5.74, 6) is -1.42. The van der Waals surface area contributed by atoms with Crippen LogP contribution >= 0.6 is 11.8 Å². The summed E-state index contributed by atoms with van der Waals surface area (Å²) in [7, 11) is 0. The van der Waals surface area contributed by atoms with Crippen molar-refractivity contribution in [2.24, 2.45) is 0 Å². The van der Waals surface area contributed by atoms with Crippen LogP contribution in [0.15, 0.2) is 0 Å². The number of carboxylic acids is 1. The van der Waals surface area contributed by atoms with Gasteiger partial charge in [0.15, 0.2) is 6.61 Å². The Labute approximate surface area is 62.6 Å². The maximum Gasteiger partial charge on any atom is 0.341 e. The molecule has 0 atom stereocenters. The van der Waals surface area contributed by atoms with Crippen molar-refractivity contribution >= 4 is 23.7 Å². The molecular formula is C5H8O4S. The third-order valence-corrected chi connectivity index (χ3v) is 1.14. The highest BCUT2D eigenvalue weighted by Crippen LogP contribution is 1.92. The molecule has 4 nitrogen and oxygen atoms in total. The smallest absolute Gasteiger partial charge is 0.341 e. The Bertz CT molecular complexity index is 134. The predicted octanol–water partition coefficient (Wildman–Crippen LogP) is -0.0228. The molecule has 0 aliphatic heterocycles. The van der Waals surface area contributed by atoms with Crippen molar-refractivity contribution in [2.75, 3.05) is 18.6 Å². The summed E-state index contributed by atoms with van der Waals surface area (Å²) in [6.45, 7) is -0.542. The summed E-state index contributed by atoms with van der Waals surface area (Å²) in [6.07, 6.45) is 1.74. The minimum Gasteiger partial charge on any atom is -0.479 e. The van der Waals surface area contributed by atoms with E-state index in [1.807, 2.05) is 0 Å². The molecule has 0 saturated carbocycles. The van der Waals surface area contributed by atoms with Gasteiger partial charge < -0.3 is 9.84 Å². The predicted molar refractivity (Wildman–Crippen MR) is 37.0 cm³/mol. The van der Waals surface area contributed by atoms with Gasteiger partial charge in [-0.05, 0) is 6.26 Å². The van der Waals surface area contributed by atoms with Gasteiger partial charge in [0, 0.05) is 0 Å². The number of thioether (sulfide) groups is 1. The van der Waals surface area contributed by atoms with Crippen molar-refractivity contribution in [2.45, 2.75) is 0 Å². The molecule has 0 heterocycles. The van der Waals surface area contributed by atoms with Crippen molar-refractivity contribution in [1.82, 2.24) is 0 Å². The second kappa shape index (κ2) is 5.10. The molecule has 0 saturated heterocycles. The van der Waals surface area contributed by atoms with Gasteiger partial charge in [-0.15, -0.1) is 0 Å². The maximum atomic E-state index is 10.4. The third-order valence-electron chi connectivity index (χ3n) is 0.619. The number of carbonyl (C=O) groups excluding carboxylic acids is 1. The number of esters is 1. The molecule has 0 spiro atoms. The highest BCUT2D eigenvalue weighted by atomic mass is 32.2. The Morgan fingerprint density at radius 2 is 2.20 bits per heavy atom. The maximum absolute atomic E-state index is 10.4. The molecule has 58 valence electrons. The molecule has 0 rings (SSSR count). The summed E-state index contributed by atoms with van der Waals surface area (Å²) < 4.78 is 4.28. The molecule has 0 bridgehead atoms. The van der Waals surface area contributed by atoms with Crippen LogP contribution in [0.25, 0.3) is 0 Å². The fraction of sp³-hybridized carbons (Fsp3) is 0.600. The van der Waals surface area contributed by atoms with Crippen molar-refractivity contribution < 1.29 is 19.4 Å². The van der Waals surface area contributed by atoms with E-state index in [4.69, 9.17) is 5.11 Å². The lowest BCUT2D eigenvalue weighted by Crippen LogP contribution is -2.14. The molecule has 0 amide bonds. The van der Waals surface area contributed by atoms with Gasteiger partial charge in [0.25, 0.3) is 0 Å². The van der Waals surface area contributed by atoms with Crippen LogP contribution in [0.1, 0.15) is 0 Å². The lowest BCUT2D eigenvalue weighted by Gasteiger charge is -1.97. The van der Waals surface area contributed by atoms with Gasteiger partial charge in [-0.3, -0.25) is 4.79 Å². The number of carbonyl (C=O) groups is 2. The topological polar surface area (TPSA) is 63.6 Å². The number of ether oxygens (including phenoxy) is 1. The van der Waals surface area contributed by atoms with Gasteiger partial charge >= 0.3 is 11.9 Å². The molecule has 10 heavy (non-hydrogen) atoms. The highest BCUT2D eigenvalue weighted by molar-refractivity contribution is 7.99. The Morgan fingerprint density at radius 3 is 2.60 bits per heavy atom. The molecular weight excluding hydrogens is 156 g/mol. The van der Waals surface area contributed by atoms with Crippen molar-refractivity contribution in [1.29, 1.82) is 0 Å². The van der Waals surface area contributed by atoms with E-state index in [2.05, 4.69) is 4.74 Å². The molecule has 0 aromatic heterocycles. The van der Waals surface area contributed by atoms with Crippen LogP contribution in [0.3, 0.4) is 0 Å². The number of carboxylic acid groups (broad SMARTS) is 1. The summed E-state index contributed by atoms with van der Waals surface area (Å²) in [6, 6.07) is 0. The van der Waals surface area contributed by atoms with Crippen LogP contribution in [-0.2, 0) is 14.3 Å². The molecule has 0 fully saturated rings. The van der Waals surface area contributed by atoms with Crippen LogP contribution in [0.2, 0.25) is 0 Å². The Hall–Kier alpha value is -0.710. The fourth-order valence-corrected chi connectivity index (χ4v) is 0.621. The Kier molecular flexibility index (Phi) is 4.74. The lowest BCUT2D eigenvalue weighted by molar-refractivity contribution is -0.153. The first-order chi connectivity index (χ1) is 4.66. The lowest BCUT2D eigenvalue weighted by atomic mass is 10.7. The summed E-state index contributed by atoms with van der Waals surface area (Å²) in [5.41, 5.74) is 0. The molecule has 0 radical (unpaired) electrons. The van der Waals surface area contributed by atoms with Gasteiger partial charge in [-0.25, -0.2) is 4.79 Å². The van der Waals surface area contributed by atoms with Gasteiger partial charge in [0.1, 0.15) is 0 Å². The summed E-state index contributed by atoms with van der Waals surface area (Å²) in [5, 5.41) is 8.05. The van der Waals surface area contributed by atoms with Gasteiger partial charge in [-0.2, -0.15) is 11.8 Å².